The SMILES string of the molecule is CCc1ccc2c(c1)[C@]1(C(=O)N2)N(C)C[C@H](c2cccc([N+](=O)[O-])c2)[C@@]12SC(=S)N(Cc1ccco1)C2=O. The minimum atomic E-state index is -1.40. The molecule has 1 aromatic heterocycles. The summed E-state index contributed by atoms with van der Waals surface area (Å²) in [6.07, 6.45) is 2.29. The van der Waals surface area contributed by atoms with E-state index in [1.165, 1.54) is 35.1 Å². The van der Waals surface area contributed by atoms with Gasteiger partial charge in [-0.05, 0) is 42.8 Å². The van der Waals surface area contributed by atoms with Crippen LogP contribution in [0.2, 0.25) is 0 Å². The Morgan fingerprint density at radius 1 is 1.21 bits per heavy atom. The quantitative estimate of drug-likeness (QED) is 0.284. The van der Waals surface area contributed by atoms with E-state index in [-0.39, 0.29) is 24.0 Å². The number of furan rings is 1. The number of nitrogens with one attached hydrogen (secondary N) is 1. The van der Waals surface area contributed by atoms with Crippen LogP contribution in [0.25, 0.3) is 0 Å². The summed E-state index contributed by atoms with van der Waals surface area (Å²) < 4.78 is 4.45. The van der Waals surface area contributed by atoms with E-state index in [0.717, 1.165) is 17.5 Å². The highest BCUT2D eigenvalue weighted by molar-refractivity contribution is 8.25. The van der Waals surface area contributed by atoms with E-state index in [1.807, 2.05) is 37.1 Å². The van der Waals surface area contributed by atoms with Gasteiger partial charge in [0.05, 0.1) is 17.7 Å². The minimum Gasteiger partial charge on any atom is -0.467 e. The van der Waals surface area contributed by atoms with Gasteiger partial charge in [-0.1, -0.05) is 55.2 Å². The molecule has 1 N–H and O–H groups in total. The van der Waals surface area contributed by atoms with Gasteiger partial charge in [-0.25, -0.2) is 0 Å². The molecule has 3 aliphatic heterocycles. The molecule has 3 atom stereocenters. The van der Waals surface area contributed by atoms with Crippen LogP contribution in [0, 0.1) is 10.1 Å². The molecule has 2 saturated heterocycles. The molecular formula is C27H24N4O5S2. The van der Waals surface area contributed by atoms with Crippen LogP contribution in [-0.2, 0) is 28.1 Å². The first-order valence-corrected chi connectivity index (χ1v) is 13.4. The van der Waals surface area contributed by atoms with Crippen molar-refractivity contribution in [3.63, 3.8) is 0 Å². The predicted molar refractivity (Wildman–Crippen MR) is 147 cm³/mol. The van der Waals surface area contributed by atoms with Gasteiger partial charge in [0, 0.05) is 35.8 Å². The number of non-ortho nitro benzene ring substituents is 1. The molecule has 0 aliphatic carbocycles. The number of likely N-dealkylation sites (tertiary alicyclic amines) is 1. The third-order valence-electron chi connectivity index (χ3n) is 7.93. The van der Waals surface area contributed by atoms with Gasteiger partial charge in [0.15, 0.2) is 5.54 Å². The third kappa shape index (κ3) is 3.18. The fourth-order valence-corrected chi connectivity index (χ4v) is 8.37. The smallest absolute Gasteiger partial charge is 0.269 e. The molecule has 38 heavy (non-hydrogen) atoms. The second-order valence-corrected chi connectivity index (χ2v) is 11.6. The van der Waals surface area contributed by atoms with Crippen LogP contribution in [0.4, 0.5) is 11.4 Å². The lowest BCUT2D eigenvalue weighted by Gasteiger charge is -2.41. The van der Waals surface area contributed by atoms with Crippen LogP contribution in [-0.4, -0.2) is 49.2 Å². The number of amides is 2. The van der Waals surface area contributed by atoms with Crippen molar-refractivity contribution >= 4 is 51.5 Å². The van der Waals surface area contributed by atoms with Crippen molar-refractivity contribution in [2.24, 2.45) is 0 Å². The standard InChI is InChI=1S/C27H24N4O5S2/c1-3-16-9-10-22-20(12-16)26(23(32)28-22)27(24(33)30(25(37)38-27)14-19-8-5-11-36-19)21(15-29(26)2)17-6-4-7-18(13-17)31(34)35/h4-13,21H,3,14-15H2,1-2H3,(H,28,32)/t21-,26-,27+/m1/s1. The van der Waals surface area contributed by atoms with Crippen molar-refractivity contribution in [2.45, 2.75) is 36.1 Å². The van der Waals surface area contributed by atoms with E-state index in [4.69, 9.17) is 16.6 Å². The topological polar surface area (TPSA) is 109 Å². The first-order chi connectivity index (χ1) is 18.2. The fourth-order valence-electron chi connectivity index (χ4n) is 6.24. The lowest BCUT2D eigenvalue weighted by molar-refractivity contribution is -0.384. The van der Waals surface area contributed by atoms with Gasteiger partial charge in [0.1, 0.15) is 14.8 Å². The molecule has 4 heterocycles. The van der Waals surface area contributed by atoms with E-state index < -0.39 is 21.1 Å². The van der Waals surface area contributed by atoms with Crippen molar-refractivity contribution in [1.29, 1.82) is 0 Å². The fraction of sp³-hybridized carbons (Fsp3) is 0.296. The largest absolute Gasteiger partial charge is 0.467 e. The Kier molecular flexibility index (Phi) is 5.71. The number of carbonyl (C=O) groups is 2. The Morgan fingerprint density at radius 3 is 2.74 bits per heavy atom. The third-order valence-corrected chi connectivity index (χ3v) is 9.87. The van der Waals surface area contributed by atoms with Crippen LogP contribution in [0.15, 0.2) is 65.3 Å². The molecule has 194 valence electrons. The molecule has 0 radical (unpaired) electrons. The van der Waals surface area contributed by atoms with Gasteiger partial charge in [0.25, 0.3) is 11.6 Å². The highest BCUT2D eigenvalue weighted by Gasteiger charge is 2.77. The summed E-state index contributed by atoms with van der Waals surface area (Å²) in [5.74, 6) is -0.615. The summed E-state index contributed by atoms with van der Waals surface area (Å²) in [6.45, 7) is 2.49. The lowest BCUT2D eigenvalue weighted by atomic mass is 9.71. The zero-order valence-electron chi connectivity index (χ0n) is 20.7. The molecule has 2 fully saturated rings. The molecule has 6 rings (SSSR count). The normalized spacial score (nSPS) is 26.5. The molecule has 2 aromatic carbocycles. The van der Waals surface area contributed by atoms with Crippen molar-refractivity contribution < 1.29 is 18.9 Å². The molecule has 11 heteroatoms. The molecule has 9 nitrogen and oxygen atoms in total. The Labute approximate surface area is 228 Å². The number of hydrogen-bond acceptors (Lipinski definition) is 8. The number of thiocarbonyl (C=S) groups is 1. The molecule has 3 aromatic rings. The number of nitro groups is 1. The van der Waals surface area contributed by atoms with Crippen molar-refractivity contribution in [2.75, 3.05) is 18.9 Å². The number of likely N-dealkylation sites (N-methyl/N-ethyl adjacent to an activating group) is 1. The van der Waals surface area contributed by atoms with Gasteiger partial charge in [-0.3, -0.25) is 29.5 Å². The van der Waals surface area contributed by atoms with Crippen molar-refractivity contribution in [3.8, 4) is 0 Å². The van der Waals surface area contributed by atoms with Gasteiger partial charge < -0.3 is 9.73 Å². The number of aryl methyl sites for hydroxylation is 1. The number of carbonyl (C=O) groups excluding carboxylic acids is 2. The number of thioether (sulfide) groups is 1. The number of anilines is 1. The highest BCUT2D eigenvalue weighted by Crippen LogP contribution is 2.66. The first-order valence-electron chi connectivity index (χ1n) is 12.2. The molecule has 0 saturated carbocycles. The summed E-state index contributed by atoms with van der Waals surface area (Å²) in [5, 5.41) is 14.7. The number of fused-ring (bicyclic) bond motifs is 3. The summed E-state index contributed by atoms with van der Waals surface area (Å²) >= 11 is 6.99. The maximum Gasteiger partial charge on any atom is 0.269 e. The zero-order valence-corrected chi connectivity index (χ0v) is 22.3. The Hall–Kier alpha value is -3.54. The zero-order chi connectivity index (χ0) is 26.8. The van der Waals surface area contributed by atoms with Crippen LogP contribution in [0.1, 0.15) is 35.3 Å². The summed E-state index contributed by atoms with van der Waals surface area (Å²) in [5.41, 5.74) is 1.57. The van der Waals surface area contributed by atoms with Gasteiger partial charge >= 0.3 is 0 Å². The first kappa shape index (κ1) is 24.8. The number of nitrogens with zero attached hydrogens (tertiary/aromatic N) is 3. The number of nitro benzene ring substituents is 1. The summed E-state index contributed by atoms with van der Waals surface area (Å²) in [4.78, 5) is 43.5. The molecule has 2 amide bonds. The second-order valence-electron chi connectivity index (χ2n) is 9.76. The van der Waals surface area contributed by atoms with Crippen molar-refractivity contribution in [1.82, 2.24) is 9.80 Å². The van der Waals surface area contributed by atoms with E-state index in [2.05, 4.69) is 5.32 Å². The lowest BCUT2D eigenvalue weighted by Crippen LogP contribution is -2.61. The Bertz CT molecular complexity index is 1510. The second kappa shape index (κ2) is 8.75. The van der Waals surface area contributed by atoms with E-state index in [9.17, 15) is 19.7 Å². The number of rotatable bonds is 5. The van der Waals surface area contributed by atoms with Gasteiger partial charge in [-0.15, -0.1) is 0 Å². The van der Waals surface area contributed by atoms with Crippen molar-refractivity contribution in [3.05, 3.63) is 93.4 Å². The maximum atomic E-state index is 14.7. The van der Waals surface area contributed by atoms with E-state index >= 15 is 0 Å². The molecular weight excluding hydrogens is 524 g/mol. The van der Waals surface area contributed by atoms with E-state index in [0.29, 0.717) is 27.9 Å². The molecule has 3 aliphatic rings. The van der Waals surface area contributed by atoms with Crippen LogP contribution < -0.4 is 5.32 Å². The molecule has 0 bridgehead atoms. The highest BCUT2D eigenvalue weighted by atomic mass is 32.2. The average molecular weight is 549 g/mol. The molecule has 2 spiro atoms. The van der Waals surface area contributed by atoms with Gasteiger partial charge in [-0.2, -0.15) is 0 Å². The van der Waals surface area contributed by atoms with Crippen LogP contribution in [0.3, 0.4) is 0 Å². The number of hydrogen-bond donors (Lipinski definition) is 1. The minimum absolute atomic E-state index is 0.0729. The maximum absolute atomic E-state index is 14.7. The van der Waals surface area contributed by atoms with Crippen LogP contribution >= 0.6 is 24.0 Å². The van der Waals surface area contributed by atoms with E-state index in [1.54, 1.807) is 24.3 Å². The monoisotopic (exact) mass is 548 g/mol. The van der Waals surface area contributed by atoms with Gasteiger partial charge in [0.2, 0.25) is 5.91 Å². The predicted octanol–water partition coefficient (Wildman–Crippen LogP) is 4.43. The summed E-state index contributed by atoms with van der Waals surface area (Å²) in [6, 6.07) is 15.7. The Balaban J connectivity index is 1.60. The summed E-state index contributed by atoms with van der Waals surface area (Å²) in [7, 11) is 1.83. The molecule has 0 unspecified atom stereocenters. The Morgan fingerprint density at radius 2 is 2.03 bits per heavy atom. The number of benzene rings is 2. The van der Waals surface area contributed by atoms with Crippen LogP contribution in [0.5, 0.6) is 0 Å². The average Bonchev–Trinajstić information content (AvgIpc) is 3.64.